The van der Waals surface area contributed by atoms with Gasteiger partial charge in [-0.05, 0) is 44.7 Å². The molecule has 1 aliphatic rings. The number of pyridine rings is 1. The summed E-state index contributed by atoms with van der Waals surface area (Å²) in [7, 11) is 1.58. The third-order valence-electron chi connectivity index (χ3n) is 5.27. The van der Waals surface area contributed by atoms with E-state index in [-0.39, 0.29) is 29.3 Å². The summed E-state index contributed by atoms with van der Waals surface area (Å²) in [4.78, 5) is 27.8. The molecule has 8 heteroatoms. The molecule has 0 radical (unpaired) electrons. The van der Waals surface area contributed by atoms with Crippen molar-refractivity contribution < 1.29 is 24.2 Å². The van der Waals surface area contributed by atoms with E-state index in [1.54, 1.807) is 26.2 Å². The van der Waals surface area contributed by atoms with Crippen LogP contribution < -0.4 is 15.8 Å². The molecule has 1 aliphatic carbocycles. The number of anilines is 1. The van der Waals surface area contributed by atoms with Crippen LogP contribution in [-0.2, 0) is 9.53 Å². The van der Waals surface area contributed by atoms with Gasteiger partial charge >= 0.3 is 5.97 Å². The topological polar surface area (TPSA) is 124 Å². The number of carboxylic acids is 1. The fourth-order valence-electron chi connectivity index (χ4n) is 3.81. The summed E-state index contributed by atoms with van der Waals surface area (Å²) in [6, 6.07) is 5.55. The average Bonchev–Trinajstić information content (AvgIpc) is 2.67. The number of aromatic nitrogens is 1. The highest BCUT2D eigenvalue weighted by Crippen LogP contribution is 2.35. The van der Waals surface area contributed by atoms with Crippen molar-refractivity contribution in [2.75, 3.05) is 19.5 Å². The second kappa shape index (κ2) is 9.09. The average molecular weight is 401 g/mol. The Morgan fingerprint density at radius 1 is 1.28 bits per heavy atom. The third-order valence-corrected chi connectivity index (χ3v) is 5.27. The number of methoxy groups -OCH3 is 1. The van der Waals surface area contributed by atoms with Gasteiger partial charge in [0.15, 0.2) is 0 Å². The molecule has 1 heterocycles. The Hall–Kier alpha value is -2.87. The van der Waals surface area contributed by atoms with Crippen LogP contribution in [0.15, 0.2) is 18.2 Å². The molecule has 156 valence electrons. The molecule has 1 aromatic carbocycles. The van der Waals surface area contributed by atoms with Crippen LogP contribution in [0.25, 0.3) is 10.9 Å². The number of carbonyl (C=O) groups excluding carboxylic acids is 1. The zero-order chi connectivity index (χ0) is 21.0. The number of aryl methyl sites for hydroxylation is 1. The van der Waals surface area contributed by atoms with Crippen molar-refractivity contribution in [2.45, 2.75) is 51.2 Å². The monoisotopic (exact) mass is 401 g/mol. The van der Waals surface area contributed by atoms with E-state index in [0.29, 0.717) is 35.4 Å². The Morgan fingerprint density at radius 2 is 2.00 bits per heavy atom. The van der Waals surface area contributed by atoms with Crippen LogP contribution in [-0.4, -0.2) is 47.8 Å². The molecule has 1 fully saturated rings. The molecule has 0 aliphatic heterocycles. The van der Waals surface area contributed by atoms with E-state index in [0.717, 1.165) is 25.7 Å². The molecule has 0 bridgehead atoms. The number of ether oxygens (including phenoxy) is 2. The zero-order valence-corrected chi connectivity index (χ0v) is 16.7. The largest absolute Gasteiger partial charge is 0.490 e. The highest BCUT2D eigenvalue weighted by Gasteiger charge is 2.25. The van der Waals surface area contributed by atoms with Crippen LogP contribution >= 0.6 is 0 Å². The quantitative estimate of drug-likeness (QED) is 0.651. The molecule has 0 spiro atoms. The van der Waals surface area contributed by atoms with E-state index in [1.165, 1.54) is 0 Å². The molecule has 0 atom stereocenters. The second-order valence-electron chi connectivity index (χ2n) is 7.34. The van der Waals surface area contributed by atoms with Gasteiger partial charge in [0.05, 0.1) is 35.0 Å². The summed E-state index contributed by atoms with van der Waals surface area (Å²) < 4.78 is 11.1. The lowest BCUT2D eigenvalue weighted by Gasteiger charge is -2.30. The number of fused-ring (bicyclic) bond motifs is 1. The van der Waals surface area contributed by atoms with Gasteiger partial charge in [0.25, 0.3) is 0 Å². The van der Waals surface area contributed by atoms with Gasteiger partial charge in [-0.1, -0.05) is 6.07 Å². The smallest absolute Gasteiger partial charge is 0.339 e. The highest BCUT2D eigenvalue weighted by atomic mass is 16.5. The van der Waals surface area contributed by atoms with E-state index in [1.807, 2.05) is 6.07 Å². The highest BCUT2D eigenvalue weighted by molar-refractivity contribution is 6.06. The van der Waals surface area contributed by atoms with Gasteiger partial charge in [-0.25, -0.2) is 4.79 Å². The van der Waals surface area contributed by atoms with Crippen molar-refractivity contribution in [3.63, 3.8) is 0 Å². The number of nitrogens with zero attached hydrogens (tertiary/aromatic N) is 1. The molecule has 29 heavy (non-hydrogen) atoms. The van der Waals surface area contributed by atoms with Crippen LogP contribution in [0.4, 0.5) is 5.69 Å². The molecule has 0 unspecified atom stereocenters. The molecule has 2 aromatic rings. The van der Waals surface area contributed by atoms with Crippen molar-refractivity contribution in [1.29, 1.82) is 0 Å². The lowest BCUT2D eigenvalue weighted by Crippen LogP contribution is -2.40. The van der Waals surface area contributed by atoms with Crippen molar-refractivity contribution in [2.24, 2.45) is 0 Å². The molecule has 0 saturated heterocycles. The molecule has 3 rings (SSSR count). The maximum absolute atomic E-state index is 11.8. The number of rotatable bonds is 7. The van der Waals surface area contributed by atoms with Gasteiger partial charge in [0, 0.05) is 19.6 Å². The first-order valence-electron chi connectivity index (χ1n) is 9.77. The van der Waals surface area contributed by atoms with E-state index < -0.39 is 5.97 Å². The number of carbonyl (C=O) groups is 2. The van der Waals surface area contributed by atoms with Crippen LogP contribution in [0.1, 0.15) is 48.2 Å². The lowest BCUT2D eigenvalue weighted by molar-refractivity contribution is -0.123. The van der Waals surface area contributed by atoms with Crippen molar-refractivity contribution >= 4 is 28.5 Å². The van der Waals surface area contributed by atoms with Crippen LogP contribution in [0.3, 0.4) is 0 Å². The summed E-state index contributed by atoms with van der Waals surface area (Å²) in [5.74, 6) is -0.558. The first-order valence-corrected chi connectivity index (χ1v) is 9.77. The van der Waals surface area contributed by atoms with Gasteiger partial charge in [0.1, 0.15) is 11.3 Å². The Balaban J connectivity index is 1.71. The summed E-state index contributed by atoms with van der Waals surface area (Å²) in [5, 5.41) is 13.0. The van der Waals surface area contributed by atoms with E-state index in [2.05, 4.69) is 10.3 Å². The summed E-state index contributed by atoms with van der Waals surface area (Å²) in [6.45, 7) is 2.05. The summed E-state index contributed by atoms with van der Waals surface area (Å²) in [6.07, 6.45) is 3.55. The Bertz CT molecular complexity index is 907. The standard InChI is InChI=1S/C21H27N3O5/c1-12-18(21(26)27)20(22)19-15(23-12)4-3-5-16(19)29-14-8-6-13(7-9-14)24-17(25)10-11-28-2/h3-5,13-14H,6-11H2,1-2H3,(H2,22,23)(H,24,25)(H,26,27). The maximum atomic E-state index is 11.8. The van der Waals surface area contributed by atoms with Gasteiger partial charge < -0.3 is 25.6 Å². The number of nitrogens with two attached hydrogens (primary N) is 1. The number of aromatic carboxylic acids is 1. The van der Waals surface area contributed by atoms with Crippen molar-refractivity contribution in [3.05, 3.63) is 29.5 Å². The third kappa shape index (κ3) is 4.76. The Morgan fingerprint density at radius 3 is 2.66 bits per heavy atom. The fourth-order valence-corrected chi connectivity index (χ4v) is 3.81. The molecular formula is C21H27N3O5. The van der Waals surface area contributed by atoms with E-state index in [4.69, 9.17) is 15.2 Å². The van der Waals surface area contributed by atoms with E-state index in [9.17, 15) is 14.7 Å². The number of amides is 1. The van der Waals surface area contributed by atoms with Gasteiger partial charge in [-0.15, -0.1) is 0 Å². The molecule has 8 nitrogen and oxygen atoms in total. The number of nitrogen functional groups attached to an aromatic ring is 1. The normalized spacial score (nSPS) is 19.1. The van der Waals surface area contributed by atoms with Crippen LogP contribution in [0.2, 0.25) is 0 Å². The second-order valence-corrected chi connectivity index (χ2v) is 7.34. The molecule has 1 amide bonds. The maximum Gasteiger partial charge on any atom is 0.339 e. The number of hydrogen-bond donors (Lipinski definition) is 3. The van der Waals surface area contributed by atoms with Gasteiger partial charge in [-0.2, -0.15) is 0 Å². The minimum atomic E-state index is -1.10. The van der Waals surface area contributed by atoms with Crippen molar-refractivity contribution in [3.8, 4) is 5.75 Å². The Labute approximate surface area is 169 Å². The van der Waals surface area contributed by atoms with Crippen LogP contribution in [0, 0.1) is 6.92 Å². The number of carboxylic acid groups (broad SMARTS) is 1. The molecule has 4 N–H and O–H groups in total. The summed E-state index contributed by atoms with van der Waals surface area (Å²) >= 11 is 0. The predicted octanol–water partition coefficient (Wildman–Crippen LogP) is 2.67. The first kappa shape index (κ1) is 20.9. The lowest BCUT2D eigenvalue weighted by atomic mass is 9.92. The van der Waals surface area contributed by atoms with Gasteiger partial charge in [0.2, 0.25) is 5.91 Å². The van der Waals surface area contributed by atoms with Gasteiger partial charge in [-0.3, -0.25) is 9.78 Å². The minimum absolute atomic E-state index is 0.000639. The first-order chi connectivity index (χ1) is 13.9. The molecule has 1 aromatic heterocycles. The Kier molecular flexibility index (Phi) is 6.53. The van der Waals surface area contributed by atoms with Crippen LogP contribution in [0.5, 0.6) is 5.75 Å². The number of hydrogen-bond acceptors (Lipinski definition) is 6. The molecule has 1 saturated carbocycles. The number of benzene rings is 1. The number of nitrogens with one attached hydrogen (secondary N) is 1. The predicted molar refractivity (Wildman–Crippen MR) is 109 cm³/mol. The zero-order valence-electron chi connectivity index (χ0n) is 16.7. The minimum Gasteiger partial charge on any atom is -0.490 e. The van der Waals surface area contributed by atoms with E-state index >= 15 is 0 Å². The van der Waals surface area contributed by atoms with Crippen molar-refractivity contribution in [1.82, 2.24) is 10.3 Å². The molecular weight excluding hydrogens is 374 g/mol. The SMILES string of the molecule is COCCC(=O)NC1CCC(Oc2cccc3nc(C)c(C(=O)O)c(N)c23)CC1. The summed E-state index contributed by atoms with van der Waals surface area (Å²) in [5.41, 5.74) is 7.36. The fraction of sp³-hybridized carbons (Fsp3) is 0.476.